The Morgan fingerprint density at radius 1 is 0.933 bits per heavy atom. The first-order valence-corrected chi connectivity index (χ1v) is 9.96. The normalized spacial score (nSPS) is 15.0. The van der Waals surface area contributed by atoms with Crippen LogP contribution in [0.25, 0.3) is 17.0 Å². The molecule has 1 aliphatic rings. The minimum atomic E-state index is -0.362. The highest BCUT2D eigenvalue weighted by molar-refractivity contribution is 5.61. The van der Waals surface area contributed by atoms with Crippen molar-refractivity contribution in [1.29, 1.82) is 0 Å². The van der Waals surface area contributed by atoms with Crippen molar-refractivity contribution < 1.29 is 4.39 Å². The molecule has 0 radical (unpaired) electrons. The summed E-state index contributed by atoms with van der Waals surface area (Å²) < 4.78 is 15.7. The number of halogens is 1. The topological polar surface area (TPSA) is 75.6 Å². The lowest BCUT2D eigenvalue weighted by molar-refractivity contribution is 0.250. The summed E-state index contributed by atoms with van der Waals surface area (Å²) in [6.45, 7) is 4.46. The third-order valence-electron chi connectivity index (χ3n) is 5.47. The zero-order chi connectivity index (χ0) is 20.5. The number of piperazine rings is 1. The molecule has 0 unspecified atom stereocenters. The second-order valence-electron chi connectivity index (χ2n) is 7.39. The van der Waals surface area contributed by atoms with E-state index in [9.17, 15) is 4.39 Å². The largest absolute Gasteiger partial charge is 0.369 e. The number of benzene rings is 2. The average molecular weight is 403 g/mol. The standard InChI is InChI=1S/C22H22FN7/c23-19-9-5-4-8-18(19)20-26-21-16(14-25-22(24)30(21)27-20)15-28-10-12-29(13-11-28)17-6-2-1-3-7-17/h1-9,14H,10-13,15H2,(H2,24,25). The molecule has 0 amide bonds. The Balaban J connectivity index is 1.38. The summed E-state index contributed by atoms with van der Waals surface area (Å²) in [5.74, 6) is 0.180. The van der Waals surface area contributed by atoms with Crippen LogP contribution in [0, 0.1) is 5.82 Å². The van der Waals surface area contributed by atoms with Gasteiger partial charge in [0.2, 0.25) is 5.95 Å². The van der Waals surface area contributed by atoms with Gasteiger partial charge in [0.1, 0.15) is 5.82 Å². The van der Waals surface area contributed by atoms with Crippen molar-refractivity contribution in [3.8, 4) is 11.4 Å². The maximum atomic E-state index is 14.2. The Hall–Kier alpha value is -3.52. The summed E-state index contributed by atoms with van der Waals surface area (Å²) in [4.78, 5) is 13.6. The molecule has 1 aliphatic heterocycles. The van der Waals surface area contributed by atoms with E-state index in [2.05, 4.69) is 49.1 Å². The highest BCUT2D eigenvalue weighted by atomic mass is 19.1. The van der Waals surface area contributed by atoms with Crippen LogP contribution in [0.15, 0.2) is 60.8 Å². The van der Waals surface area contributed by atoms with Crippen LogP contribution in [0.2, 0.25) is 0 Å². The van der Waals surface area contributed by atoms with E-state index in [-0.39, 0.29) is 11.8 Å². The molecule has 1 fully saturated rings. The van der Waals surface area contributed by atoms with Crippen molar-refractivity contribution in [3.05, 3.63) is 72.2 Å². The fraction of sp³-hybridized carbons (Fsp3) is 0.227. The van der Waals surface area contributed by atoms with Gasteiger partial charge in [0.05, 0.1) is 5.56 Å². The average Bonchev–Trinajstić information content (AvgIpc) is 3.24. The van der Waals surface area contributed by atoms with Crippen molar-refractivity contribution in [1.82, 2.24) is 24.5 Å². The van der Waals surface area contributed by atoms with Crippen LogP contribution in [0.5, 0.6) is 0 Å². The Morgan fingerprint density at radius 3 is 2.43 bits per heavy atom. The fourth-order valence-electron chi connectivity index (χ4n) is 3.85. The number of nitrogens with zero attached hydrogens (tertiary/aromatic N) is 6. The van der Waals surface area contributed by atoms with Gasteiger partial charge in [-0.3, -0.25) is 4.90 Å². The minimum Gasteiger partial charge on any atom is -0.369 e. The number of anilines is 2. The molecule has 2 aromatic heterocycles. The van der Waals surface area contributed by atoms with Crippen molar-refractivity contribution in [2.45, 2.75) is 6.54 Å². The van der Waals surface area contributed by atoms with Gasteiger partial charge in [-0.05, 0) is 24.3 Å². The predicted octanol–water partition coefficient (Wildman–Crippen LogP) is 2.83. The maximum absolute atomic E-state index is 14.2. The molecule has 0 saturated carbocycles. The highest BCUT2D eigenvalue weighted by Gasteiger charge is 2.20. The van der Waals surface area contributed by atoms with E-state index in [0.29, 0.717) is 23.6 Å². The molecule has 7 nitrogen and oxygen atoms in total. The lowest BCUT2D eigenvalue weighted by atomic mass is 10.2. The van der Waals surface area contributed by atoms with Gasteiger partial charge in [0, 0.05) is 50.2 Å². The molecule has 2 N–H and O–H groups in total. The predicted molar refractivity (Wildman–Crippen MR) is 115 cm³/mol. The molecule has 2 aromatic carbocycles. The molecule has 1 saturated heterocycles. The summed E-state index contributed by atoms with van der Waals surface area (Å²) >= 11 is 0. The number of fused-ring (bicyclic) bond motifs is 1. The first kappa shape index (κ1) is 18.5. The van der Waals surface area contributed by atoms with Crippen LogP contribution in [0.4, 0.5) is 16.0 Å². The second kappa shape index (κ2) is 7.72. The number of nitrogen functional groups attached to an aromatic ring is 1. The van der Waals surface area contributed by atoms with Gasteiger partial charge < -0.3 is 10.6 Å². The van der Waals surface area contributed by atoms with Crippen LogP contribution in [0.1, 0.15) is 5.56 Å². The van der Waals surface area contributed by atoms with E-state index in [1.54, 1.807) is 24.4 Å². The number of para-hydroxylation sites is 1. The lowest BCUT2D eigenvalue weighted by Crippen LogP contribution is -2.46. The Bertz CT molecular complexity index is 1170. The van der Waals surface area contributed by atoms with E-state index in [0.717, 1.165) is 31.7 Å². The van der Waals surface area contributed by atoms with Gasteiger partial charge in [-0.1, -0.05) is 30.3 Å². The molecule has 30 heavy (non-hydrogen) atoms. The third-order valence-corrected chi connectivity index (χ3v) is 5.47. The summed E-state index contributed by atoms with van der Waals surface area (Å²) in [6, 6.07) is 16.9. The third kappa shape index (κ3) is 3.46. The summed E-state index contributed by atoms with van der Waals surface area (Å²) in [5, 5.41) is 4.40. The van der Waals surface area contributed by atoms with Gasteiger partial charge in [-0.2, -0.15) is 4.52 Å². The summed E-state index contributed by atoms with van der Waals surface area (Å²) in [6.07, 6.45) is 1.74. The Labute approximate surface area is 173 Å². The Morgan fingerprint density at radius 2 is 1.67 bits per heavy atom. The van der Waals surface area contributed by atoms with Gasteiger partial charge in [0.15, 0.2) is 11.5 Å². The molecular formula is C22H22FN7. The molecule has 0 spiro atoms. The number of nitrogens with two attached hydrogens (primary N) is 1. The van der Waals surface area contributed by atoms with Crippen molar-refractivity contribution >= 4 is 17.3 Å². The minimum absolute atomic E-state index is 0.234. The smallest absolute Gasteiger partial charge is 0.223 e. The van der Waals surface area contributed by atoms with E-state index in [1.807, 2.05) is 6.07 Å². The molecule has 5 rings (SSSR count). The summed E-state index contributed by atoms with van der Waals surface area (Å²) in [5.41, 5.74) is 9.15. The van der Waals surface area contributed by atoms with Crippen molar-refractivity contribution in [2.75, 3.05) is 36.8 Å². The van der Waals surface area contributed by atoms with Crippen molar-refractivity contribution in [3.63, 3.8) is 0 Å². The van der Waals surface area contributed by atoms with E-state index < -0.39 is 0 Å². The number of hydrogen-bond donors (Lipinski definition) is 1. The molecular weight excluding hydrogens is 381 g/mol. The molecule has 0 bridgehead atoms. The van der Waals surface area contributed by atoms with E-state index in [1.165, 1.54) is 16.3 Å². The number of aromatic nitrogens is 4. The van der Waals surface area contributed by atoms with Gasteiger partial charge >= 0.3 is 0 Å². The Kier molecular flexibility index (Phi) is 4.76. The van der Waals surface area contributed by atoms with Crippen LogP contribution in [0.3, 0.4) is 0 Å². The first-order valence-electron chi connectivity index (χ1n) is 9.96. The fourth-order valence-corrected chi connectivity index (χ4v) is 3.85. The molecule has 152 valence electrons. The maximum Gasteiger partial charge on any atom is 0.223 e. The van der Waals surface area contributed by atoms with Gasteiger partial charge in [-0.15, -0.1) is 5.10 Å². The van der Waals surface area contributed by atoms with Crippen LogP contribution in [-0.2, 0) is 6.54 Å². The molecule has 0 atom stereocenters. The monoisotopic (exact) mass is 403 g/mol. The second-order valence-corrected chi connectivity index (χ2v) is 7.39. The van der Waals surface area contributed by atoms with E-state index in [4.69, 9.17) is 5.73 Å². The highest BCUT2D eigenvalue weighted by Crippen LogP contribution is 2.23. The molecule has 3 heterocycles. The van der Waals surface area contributed by atoms with Gasteiger partial charge in [-0.25, -0.2) is 14.4 Å². The zero-order valence-corrected chi connectivity index (χ0v) is 16.4. The van der Waals surface area contributed by atoms with Crippen LogP contribution < -0.4 is 10.6 Å². The molecule has 8 heteroatoms. The van der Waals surface area contributed by atoms with Crippen molar-refractivity contribution in [2.24, 2.45) is 0 Å². The number of rotatable bonds is 4. The lowest BCUT2D eigenvalue weighted by Gasteiger charge is -2.36. The molecule has 0 aliphatic carbocycles. The molecule has 4 aromatic rings. The van der Waals surface area contributed by atoms with Crippen LogP contribution in [-0.4, -0.2) is 50.7 Å². The first-order chi connectivity index (χ1) is 14.7. The van der Waals surface area contributed by atoms with Gasteiger partial charge in [0.25, 0.3) is 0 Å². The summed E-state index contributed by atoms with van der Waals surface area (Å²) in [7, 11) is 0. The quantitative estimate of drug-likeness (QED) is 0.565. The SMILES string of the molecule is Nc1ncc(CN2CCN(c3ccccc3)CC2)c2nc(-c3ccccc3F)nn12. The van der Waals surface area contributed by atoms with E-state index >= 15 is 0 Å². The number of hydrogen-bond acceptors (Lipinski definition) is 6. The zero-order valence-electron chi connectivity index (χ0n) is 16.4. The van der Waals surface area contributed by atoms with Crippen LogP contribution >= 0.6 is 0 Å².